The molecule has 0 fully saturated rings. The summed E-state index contributed by atoms with van der Waals surface area (Å²) in [5.41, 5.74) is 7.89. The number of benzene rings is 2. The number of pyridine rings is 1. The van der Waals surface area contributed by atoms with E-state index in [0.717, 1.165) is 22.0 Å². The minimum Gasteiger partial charge on any atom is -0.436 e. The second-order valence-corrected chi connectivity index (χ2v) is 4.87. The lowest BCUT2D eigenvalue weighted by atomic mass is 10.1. The molecule has 1 heterocycles. The lowest BCUT2D eigenvalue weighted by Gasteiger charge is -2.10. The van der Waals surface area contributed by atoms with Gasteiger partial charge in [-0.15, -0.1) is 0 Å². The summed E-state index contributed by atoms with van der Waals surface area (Å²) in [6.07, 6.45) is 0. The molecule has 0 aliphatic rings. The van der Waals surface area contributed by atoms with Crippen LogP contribution < -0.4 is 10.5 Å². The molecule has 3 rings (SSSR count). The molecule has 0 saturated carbocycles. The van der Waals surface area contributed by atoms with E-state index in [-0.39, 0.29) is 5.75 Å². The van der Waals surface area contributed by atoms with E-state index in [1.807, 2.05) is 37.3 Å². The van der Waals surface area contributed by atoms with Crippen LogP contribution in [0.5, 0.6) is 11.6 Å². The lowest BCUT2D eigenvalue weighted by Crippen LogP contribution is -1.99. The molecular formula is C17H15FN2O. The van der Waals surface area contributed by atoms with E-state index in [0.29, 0.717) is 12.4 Å². The van der Waals surface area contributed by atoms with Crippen molar-refractivity contribution >= 4 is 10.9 Å². The van der Waals surface area contributed by atoms with Crippen molar-refractivity contribution in [3.05, 3.63) is 65.5 Å². The summed E-state index contributed by atoms with van der Waals surface area (Å²) in [7, 11) is 0. The number of nitrogens with zero attached hydrogens (tertiary/aromatic N) is 1. The monoisotopic (exact) mass is 282 g/mol. The van der Waals surface area contributed by atoms with Crippen LogP contribution in [0.2, 0.25) is 0 Å². The number of hydrogen-bond acceptors (Lipinski definition) is 3. The summed E-state index contributed by atoms with van der Waals surface area (Å²) in [6, 6.07) is 14.4. The van der Waals surface area contributed by atoms with E-state index in [9.17, 15) is 4.39 Å². The number of ether oxygens (including phenoxy) is 1. The Morgan fingerprint density at radius 2 is 1.95 bits per heavy atom. The van der Waals surface area contributed by atoms with Crippen molar-refractivity contribution in [2.75, 3.05) is 0 Å². The van der Waals surface area contributed by atoms with Gasteiger partial charge in [0.05, 0.1) is 5.52 Å². The van der Waals surface area contributed by atoms with E-state index in [2.05, 4.69) is 4.98 Å². The number of rotatable bonds is 3. The zero-order valence-corrected chi connectivity index (χ0v) is 11.6. The van der Waals surface area contributed by atoms with Gasteiger partial charge in [0, 0.05) is 17.5 Å². The number of nitrogens with two attached hydrogens (primary N) is 1. The molecule has 0 spiro atoms. The van der Waals surface area contributed by atoms with Gasteiger partial charge in [-0.25, -0.2) is 9.37 Å². The zero-order chi connectivity index (χ0) is 14.8. The van der Waals surface area contributed by atoms with Crippen LogP contribution in [0.1, 0.15) is 11.1 Å². The van der Waals surface area contributed by atoms with Gasteiger partial charge in [0.1, 0.15) is 0 Å². The van der Waals surface area contributed by atoms with Gasteiger partial charge in [-0.2, -0.15) is 0 Å². The quantitative estimate of drug-likeness (QED) is 0.791. The van der Waals surface area contributed by atoms with Gasteiger partial charge in [0.25, 0.3) is 0 Å². The maximum absolute atomic E-state index is 14.0. The molecule has 106 valence electrons. The molecule has 0 unspecified atom stereocenters. The first-order valence-corrected chi connectivity index (χ1v) is 6.70. The second-order valence-electron chi connectivity index (χ2n) is 4.87. The Balaban J connectivity index is 1.99. The molecule has 2 aromatic carbocycles. The molecule has 2 N–H and O–H groups in total. The molecule has 21 heavy (non-hydrogen) atoms. The van der Waals surface area contributed by atoms with E-state index < -0.39 is 5.82 Å². The van der Waals surface area contributed by atoms with E-state index in [1.165, 1.54) is 6.07 Å². The highest BCUT2D eigenvalue weighted by molar-refractivity contribution is 5.80. The molecule has 4 heteroatoms. The molecule has 3 aromatic rings. The third kappa shape index (κ3) is 2.71. The van der Waals surface area contributed by atoms with Crippen LogP contribution >= 0.6 is 0 Å². The Labute approximate surface area is 122 Å². The van der Waals surface area contributed by atoms with Crippen molar-refractivity contribution in [3.8, 4) is 11.6 Å². The Kier molecular flexibility index (Phi) is 3.54. The van der Waals surface area contributed by atoms with Crippen molar-refractivity contribution in [3.63, 3.8) is 0 Å². The highest BCUT2D eigenvalue weighted by Gasteiger charge is 2.10. The molecule has 3 nitrogen and oxygen atoms in total. The van der Waals surface area contributed by atoms with Gasteiger partial charge in [0.2, 0.25) is 5.88 Å². The Morgan fingerprint density at radius 1 is 1.14 bits per heavy atom. The van der Waals surface area contributed by atoms with Gasteiger partial charge < -0.3 is 10.5 Å². The molecule has 0 amide bonds. The number of para-hydroxylation sites is 1. The molecule has 0 aliphatic carbocycles. The number of halogens is 1. The van der Waals surface area contributed by atoms with Crippen LogP contribution in [0.25, 0.3) is 10.9 Å². The SMILES string of the molecule is Cc1cc2ccccc2nc1Oc1ccc(CN)cc1F. The first kappa shape index (κ1) is 13.5. The Hall–Kier alpha value is -2.46. The van der Waals surface area contributed by atoms with Crippen LogP contribution in [0, 0.1) is 12.7 Å². The summed E-state index contributed by atoms with van der Waals surface area (Å²) in [4.78, 5) is 4.44. The summed E-state index contributed by atoms with van der Waals surface area (Å²) >= 11 is 0. The second kappa shape index (κ2) is 5.50. The number of aromatic nitrogens is 1. The van der Waals surface area contributed by atoms with E-state index >= 15 is 0 Å². The predicted molar refractivity (Wildman–Crippen MR) is 80.8 cm³/mol. The molecule has 0 atom stereocenters. The third-order valence-corrected chi connectivity index (χ3v) is 3.31. The third-order valence-electron chi connectivity index (χ3n) is 3.31. The zero-order valence-electron chi connectivity index (χ0n) is 11.6. The summed E-state index contributed by atoms with van der Waals surface area (Å²) in [5, 5.41) is 1.03. The van der Waals surface area contributed by atoms with Crippen LogP contribution in [0.3, 0.4) is 0 Å². The number of fused-ring (bicyclic) bond motifs is 1. The lowest BCUT2D eigenvalue weighted by molar-refractivity contribution is 0.425. The summed E-state index contributed by atoms with van der Waals surface area (Å²) < 4.78 is 19.6. The largest absolute Gasteiger partial charge is 0.436 e. The maximum Gasteiger partial charge on any atom is 0.222 e. The standard InChI is InChI=1S/C17H15FN2O/c1-11-8-13-4-2-3-5-15(13)20-17(11)21-16-7-6-12(10-19)9-14(16)18/h2-9H,10,19H2,1H3. The van der Waals surface area contributed by atoms with E-state index in [1.54, 1.807) is 12.1 Å². The van der Waals surface area contributed by atoms with Crippen molar-refractivity contribution < 1.29 is 9.13 Å². The Bertz CT molecular complexity index is 802. The minimum atomic E-state index is -0.438. The predicted octanol–water partition coefficient (Wildman–Crippen LogP) is 3.93. The molecule has 0 radical (unpaired) electrons. The molecule has 0 bridgehead atoms. The van der Waals surface area contributed by atoms with Gasteiger partial charge in [-0.3, -0.25) is 0 Å². The number of aryl methyl sites for hydroxylation is 1. The van der Waals surface area contributed by atoms with Gasteiger partial charge in [-0.05, 0) is 36.8 Å². The fraction of sp³-hybridized carbons (Fsp3) is 0.118. The average Bonchev–Trinajstić information content (AvgIpc) is 2.49. The minimum absolute atomic E-state index is 0.151. The first-order valence-electron chi connectivity index (χ1n) is 6.70. The molecule has 0 saturated heterocycles. The fourth-order valence-corrected chi connectivity index (χ4v) is 2.17. The van der Waals surface area contributed by atoms with Gasteiger partial charge in [0.15, 0.2) is 11.6 Å². The smallest absolute Gasteiger partial charge is 0.222 e. The first-order chi connectivity index (χ1) is 10.2. The molecule has 1 aromatic heterocycles. The Morgan fingerprint density at radius 3 is 2.71 bits per heavy atom. The summed E-state index contributed by atoms with van der Waals surface area (Å²) in [6.45, 7) is 2.19. The van der Waals surface area contributed by atoms with Crippen molar-refractivity contribution in [1.29, 1.82) is 0 Å². The average molecular weight is 282 g/mol. The van der Waals surface area contributed by atoms with Crippen LogP contribution in [0.4, 0.5) is 4.39 Å². The highest BCUT2D eigenvalue weighted by atomic mass is 19.1. The highest BCUT2D eigenvalue weighted by Crippen LogP contribution is 2.28. The summed E-state index contributed by atoms with van der Waals surface area (Å²) in [5.74, 6) is 0.124. The molecular weight excluding hydrogens is 267 g/mol. The van der Waals surface area contributed by atoms with Crippen molar-refractivity contribution in [2.45, 2.75) is 13.5 Å². The van der Waals surface area contributed by atoms with Gasteiger partial charge >= 0.3 is 0 Å². The van der Waals surface area contributed by atoms with Crippen LogP contribution in [-0.2, 0) is 6.54 Å². The maximum atomic E-state index is 14.0. The van der Waals surface area contributed by atoms with Crippen LogP contribution in [-0.4, -0.2) is 4.98 Å². The van der Waals surface area contributed by atoms with E-state index in [4.69, 9.17) is 10.5 Å². The van der Waals surface area contributed by atoms with Crippen LogP contribution in [0.15, 0.2) is 48.5 Å². The number of hydrogen-bond donors (Lipinski definition) is 1. The van der Waals surface area contributed by atoms with Gasteiger partial charge in [-0.1, -0.05) is 24.3 Å². The van der Waals surface area contributed by atoms with Crippen molar-refractivity contribution in [1.82, 2.24) is 4.98 Å². The topological polar surface area (TPSA) is 48.1 Å². The molecule has 0 aliphatic heterocycles. The normalized spacial score (nSPS) is 10.8. The fourth-order valence-electron chi connectivity index (χ4n) is 2.17. The van der Waals surface area contributed by atoms with Crippen molar-refractivity contribution in [2.24, 2.45) is 5.73 Å².